The van der Waals surface area contributed by atoms with Crippen molar-refractivity contribution in [3.05, 3.63) is 65.7 Å². The number of anilines is 2. The molecule has 9 nitrogen and oxygen atoms in total. The Morgan fingerprint density at radius 3 is 2.76 bits per heavy atom. The first-order valence-corrected chi connectivity index (χ1v) is 13.1. The lowest BCUT2D eigenvalue weighted by atomic mass is 10.1. The van der Waals surface area contributed by atoms with Gasteiger partial charge in [0.2, 0.25) is 0 Å². The molecule has 0 aromatic carbocycles. The number of nitrogens with zero attached hydrogens (tertiary/aromatic N) is 6. The third-order valence-corrected chi connectivity index (χ3v) is 6.83. The molecule has 0 unspecified atom stereocenters. The molecule has 0 bridgehead atoms. The van der Waals surface area contributed by atoms with Gasteiger partial charge in [0.25, 0.3) is 0 Å². The van der Waals surface area contributed by atoms with Gasteiger partial charge in [-0.05, 0) is 44.2 Å². The molecule has 4 aromatic heterocycles. The number of aromatic nitrogens is 6. The molecule has 0 radical (unpaired) electrons. The van der Waals surface area contributed by atoms with Crippen molar-refractivity contribution in [3.8, 4) is 11.5 Å². The van der Waals surface area contributed by atoms with Crippen LogP contribution in [0.1, 0.15) is 32.3 Å². The molecular formula is C29H35N9. The second-order valence-electron chi connectivity index (χ2n) is 9.71. The highest BCUT2D eigenvalue weighted by Gasteiger charge is 2.20. The Hall–Kier alpha value is -4.24. The van der Waals surface area contributed by atoms with E-state index >= 15 is 0 Å². The first-order chi connectivity index (χ1) is 18.5. The molecule has 0 amide bonds. The molecule has 5 rings (SSSR count). The van der Waals surface area contributed by atoms with Crippen LogP contribution < -0.4 is 20.8 Å². The zero-order valence-corrected chi connectivity index (χ0v) is 22.4. The second kappa shape index (κ2) is 11.0. The van der Waals surface area contributed by atoms with Crippen LogP contribution in [0.3, 0.4) is 0 Å². The minimum Gasteiger partial charge on any atom is -0.358 e. The van der Waals surface area contributed by atoms with Crippen LogP contribution >= 0.6 is 0 Å². The molecule has 5 heterocycles. The highest BCUT2D eigenvalue weighted by atomic mass is 15.3. The van der Waals surface area contributed by atoms with Gasteiger partial charge in [-0.15, -0.1) is 0 Å². The van der Waals surface area contributed by atoms with Gasteiger partial charge in [0, 0.05) is 55.1 Å². The van der Waals surface area contributed by atoms with Gasteiger partial charge in [0.1, 0.15) is 11.2 Å². The van der Waals surface area contributed by atoms with E-state index in [9.17, 15) is 0 Å². The zero-order chi connectivity index (χ0) is 26.6. The Balaban J connectivity index is 1.51. The summed E-state index contributed by atoms with van der Waals surface area (Å²) in [6.07, 6.45) is 11.4. The van der Waals surface area contributed by atoms with Crippen molar-refractivity contribution in [3.63, 3.8) is 0 Å². The zero-order valence-electron chi connectivity index (χ0n) is 22.4. The number of piperazine rings is 1. The van der Waals surface area contributed by atoms with Gasteiger partial charge in [0.15, 0.2) is 11.6 Å². The third kappa shape index (κ3) is 5.24. The minimum atomic E-state index is 0.691. The van der Waals surface area contributed by atoms with Crippen molar-refractivity contribution in [2.24, 2.45) is 0 Å². The topological polar surface area (TPSA) is 102 Å². The van der Waals surface area contributed by atoms with E-state index in [-0.39, 0.29) is 0 Å². The number of imidazole rings is 1. The highest BCUT2D eigenvalue weighted by molar-refractivity contribution is 5.90. The van der Waals surface area contributed by atoms with Crippen molar-refractivity contribution >= 4 is 40.3 Å². The van der Waals surface area contributed by atoms with E-state index in [1.807, 2.05) is 43.6 Å². The number of rotatable bonds is 8. The number of fused-ring (bicyclic) bond motifs is 1. The lowest BCUT2D eigenvalue weighted by Crippen LogP contribution is -2.44. The fourth-order valence-corrected chi connectivity index (χ4v) is 4.70. The molecule has 1 aliphatic heterocycles. The molecule has 196 valence electrons. The summed E-state index contributed by atoms with van der Waals surface area (Å²) in [4.78, 5) is 22.2. The van der Waals surface area contributed by atoms with Crippen LogP contribution in [-0.2, 0) is 0 Å². The van der Waals surface area contributed by atoms with E-state index in [0.29, 0.717) is 5.82 Å². The average Bonchev–Trinajstić information content (AvgIpc) is 3.53. The predicted octanol–water partition coefficient (Wildman–Crippen LogP) is 3.51. The van der Waals surface area contributed by atoms with Gasteiger partial charge < -0.3 is 20.1 Å². The van der Waals surface area contributed by atoms with Crippen molar-refractivity contribution in [1.82, 2.24) is 35.0 Å². The molecule has 9 heteroatoms. The van der Waals surface area contributed by atoms with Gasteiger partial charge in [0.05, 0.1) is 22.8 Å². The Bertz CT molecular complexity index is 1590. The summed E-state index contributed by atoms with van der Waals surface area (Å²) in [6, 6.07) is 4.00. The Labute approximate surface area is 222 Å². The van der Waals surface area contributed by atoms with Crippen LogP contribution in [0.4, 0.5) is 11.5 Å². The van der Waals surface area contributed by atoms with Crippen LogP contribution in [-0.4, -0.2) is 68.3 Å². The van der Waals surface area contributed by atoms with E-state index in [1.165, 1.54) is 0 Å². The highest BCUT2D eigenvalue weighted by Crippen LogP contribution is 2.26. The maximum Gasteiger partial charge on any atom is 0.159 e. The fraction of sp³-hybridized carbons (Fsp3) is 0.310. The number of hydrogen-bond donors (Lipinski definition) is 3. The number of nitrogens with one attached hydrogen (secondary N) is 3. The molecule has 3 N–H and O–H groups in total. The molecule has 1 fully saturated rings. The quantitative estimate of drug-likeness (QED) is 0.334. The van der Waals surface area contributed by atoms with Crippen molar-refractivity contribution in [2.75, 3.05) is 43.4 Å². The normalized spacial score (nSPS) is 15.4. The van der Waals surface area contributed by atoms with Crippen LogP contribution in [0.2, 0.25) is 0 Å². The Kier molecular flexibility index (Phi) is 7.37. The van der Waals surface area contributed by atoms with E-state index in [1.54, 1.807) is 6.20 Å². The summed E-state index contributed by atoms with van der Waals surface area (Å²) in [5.74, 6) is 1.60. The van der Waals surface area contributed by atoms with Gasteiger partial charge >= 0.3 is 0 Å². The minimum absolute atomic E-state index is 0.691. The van der Waals surface area contributed by atoms with E-state index in [2.05, 4.69) is 67.4 Å². The number of H-pyrrole nitrogens is 2. The van der Waals surface area contributed by atoms with Crippen molar-refractivity contribution < 1.29 is 0 Å². The molecular weight excluding hydrogens is 474 g/mol. The van der Waals surface area contributed by atoms with Crippen LogP contribution in [0.15, 0.2) is 49.6 Å². The Morgan fingerprint density at radius 1 is 1.18 bits per heavy atom. The number of likely N-dealkylation sites (N-methyl/N-ethyl adjacent to an activating group) is 1. The van der Waals surface area contributed by atoms with E-state index in [0.717, 1.165) is 94.7 Å². The number of allylic oxidation sites excluding steroid dienone is 2. The van der Waals surface area contributed by atoms with Crippen LogP contribution in [0.5, 0.6) is 0 Å². The lowest BCUT2D eigenvalue weighted by Gasteiger charge is -2.33. The summed E-state index contributed by atoms with van der Waals surface area (Å²) in [7, 11) is 2.15. The standard InChI is InChI=1S/C29H35N9/c1-6-8-20(4)32-22-16-21(17-30-18-22)19(3)15-23-24(7-2)35-36-26(23)28-33-25-9-10-31-29(27(25)34-28)38-13-11-37(5)12-14-38/h7,9-10,15-18,32,35H,3-4,6,8,11-14H2,1-2,5H3,(H,33,34)/b23-15+,24-7+. The Morgan fingerprint density at radius 2 is 2.00 bits per heavy atom. The molecule has 1 aliphatic rings. The summed E-state index contributed by atoms with van der Waals surface area (Å²) >= 11 is 0. The summed E-state index contributed by atoms with van der Waals surface area (Å²) in [5.41, 5.74) is 6.14. The number of aromatic amines is 2. The predicted molar refractivity (Wildman–Crippen MR) is 156 cm³/mol. The first-order valence-electron chi connectivity index (χ1n) is 13.1. The van der Waals surface area contributed by atoms with E-state index < -0.39 is 0 Å². The monoisotopic (exact) mass is 509 g/mol. The SMILES string of the molecule is C=C(CCC)Nc1cncc(C(=C)/C=c2/c(-c3nc4c(N5CCN(C)CC5)nccc4[nH]3)n[nH]/c2=C/C)c1. The smallest absolute Gasteiger partial charge is 0.159 e. The van der Waals surface area contributed by atoms with E-state index in [4.69, 9.17) is 4.98 Å². The number of pyridine rings is 2. The van der Waals surface area contributed by atoms with Gasteiger partial charge in [-0.1, -0.05) is 32.6 Å². The maximum atomic E-state index is 4.98. The fourth-order valence-electron chi connectivity index (χ4n) is 4.70. The maximum absolute atomic E-state index is 4.98. The van der Waals surface area contributed by atoms with Crippen LogP contribution in [0.25, 0.3) is 40.3 Å². The van der Waals surface area contributed by atoms with Gasteiger partial charge in [-0.3, -0.25) is 10.1 Å². The summed E-state index contributed by atoms with van der Waals surface area (Å²) in [5, 5.41) is 12.9. The second-order valence-corrected chi connectivity index (χ2v) is 9.71. The largest absolute Gasteiger partial charge is 0.358 e. The lowest BCUT2D eigenvalue weighted by molar-refractivity contribution is 0.312. The molecule has 4 aromatic rings. The van der Waals surface area contributed by atoms with Gasteiger partial charge in [-0.25, -0.2) is 9.97 Å². The molecule has 0 spiro atoms. The molecule has 1 saturated heterocycles. The average molecular weight is 510 g/mol. The first kappa shape index (κ1) is 25.4. The molecule has 0 atom stereocenters. The van der Waals surface area contributed by atoms with Gasteiger partial charge in [-0.2, -0.15) is 5.10 Å². The van der Waals surface area contributed by atoms with Crippen molar-refractivity contribution in [1.29, 1.82) is 0 Å². The molecule has 38 heavy (non-hydrogen) atoms. The van der Waals surface area contributed by atoms with Crippen molar-refractivity contribution in [2.45, 2.75) is 26.7 Å². The van der Waals surface area contributed by atoms with Crippen LogP contribution in [0, 0.1) is 0 Å². The molecule has 0 aliphatic carbocycles. The summed E-state index contributed by atoms with van der Waals surface area (Å²) in [6.45, 7) is 16.4. The third-order valence-electron chi connectivity index (χ3n) is 6.83. The molecule has 0 saturated carbocycles. The number of hydrogen-bond acceptors (Lipinski definition) is 7. The summed E-state index contributed by atoms with van der Waals surface area (Å²) < 4.78 is 0.